The van der Waals surface area contributed by atoms with Crippen molar-refractivity contribution in [1.82, 2.24) is 10.2 Å². The number of hydrogen-bond donors (Lipinski definition) is 2. The highest BCUT2D eigenvalue weighted by molar-refractivity contribution is 5.80. The molecule has 4 heteroatoms. The first-order chi connectivity index (χ1) is 7.88. The van der Waals surface area contributed by atoms with E-state index in [1.54, 1.807) is 0 Å². The molecule has 0 bridgehead atoms. The Balaban J connectivity index is 1.76. The smallest absolute Gasteiger partial charge is 0.226 e. The molecule has 1 aliphatic heterocycles. The highest BCUT2D eigenvalue weighted by Crippen LogP contribution is 2.26. The Morgan fingerprint density at radius 1 is 1.29 bits per heavy atom. The minimum Gasteiger partial charge on any atom is -0.391 e. The van der Waals surface area contributed by atoms with Crippen LogP contribution in [-0.2, 0) is 4.79 Å². The van der Waals surface area contributed by atoms with Crippen LogP contribution in [0, 0.1) is 5.92 Å². The second kappa shape index (κ2) is 4.58. The Labute approximate surface area is 103 Å². The molecule has 2 unspecified atom stereocenters. The zero-order valence-corrected chi connectivity index (χ0v) is 11.1. The Hall–Kier alpha value is -0.610. The van der Waals surface area contributed by atoms with Crippen LogP contribution in [0.1, 0.15) is 40.0 Å². The van der Waals surface area contributed by atoms with E-state index >= 15 is 0 Å². The van der Waals surface area contributed by atoms with Gasteiger partial charge in [-0.1, -0.05) is 0 Å². The van der Waals surface area contributed by atoms with Gasteiger partial charge in [0.15, 0.2) is 0 Å². The van der Waals surface area contributed by atoms with Gasteiger partial charge in [-0.2, -0.15) is 0 Å². The number of aliphatic hydroxyl groups excluding tert-OH is 1. The topological polar surface area (TPSA) is 52.6 Å². The van der Waals surface area contributed by atoms with Crippen LogP contribution in [0.5, 0.6) is 0 Å². The van der Waals surface area contributed by atoms with E-state index in [0.29, 0.717) is 0 Å². The highest BCUT2D eigenvalue weighted by atomic mass is 16.3. The second-order valence-corrected chi connectivity index (χ2v) is 6.39. The fourth-order valence-corrected chi connectivity index (χ4v) is 2.60. The predicted octanol–water partition coefficient (Wildman–Crippen LogP) is 0.746. The standard InChI is InChI=1S/C13H24N2O2/c1-13(2,3)15-7-9(8-15)12(17)14-10-5-4-6-11(10)16/h9-11,16H,4-8H2,1-3H3,(H,14,17). The Morgan fingerprint density at radius 2 is 1.94 bits per heavy atom. The van der Waals surface area contributed by atoms with Gasteiger partial charge in [0.2, 0.25) is 5.91 Å². The van der Waals surface area contributed by atoms with E-state index in [-0.39, 0.29) is 29.5 Å². The van der Waals surface area contributed by atoms with Crippen molar-refractivity contribution in [2.75, 3.05) is 13.1 Å². The van der Waals surface area contributed by atoms with Crippen LogP contribution in [0.4, 0.5) is 0 Å². The molecule has 0 radical (unpaired) electrons. The van der Waals surface area contributed by atoms with Crippen molar-refractivity contribution in [3.63, 3.8) is 0 Å². The van der Waals surface area contributed by atoms with Crippen molar-refractivity contribution in [2.45, 2.75) is 57.7 Å². The molecule has 0 aromatic carbocycles. The predicted molar refractivity (Wildman–Crippen MR) is 66.6 cm³/mol. The number of likely N-dealkylation sites (tertiary alicyclic amines) is 1. The lowest BCUT2D eigenvalue weighted by Crippen LogP contribution is -2.61. The summed E-state index contributed by atoms with van der Waals surface area (Å²) in [6.07, 6.45) is 2.43. The summed E-state index contributed by atoms with van der Waals surface area (Å²) in [5.74, 6) is 0.235. The van der Waals surface area contributed by atoms with Crippen molar-refractivity contribution in [1.29, 1.82) is 0 Å². The van der Waals surface area contributed by atoms with Crippen LogP contribution in [0.2, 0.25) is 0 Å². The van der Waals surface area contributed by atoms with Gasteiger partial charge in [0.1, 0.15) is 0 Å². The fraction of sp³-hybridized carbons (Fsp3) is 0.923. The summed E-state index contributed by atoms with van der Waals surface area (Å²) < 4.78 is 0. The van der Waals surface area contributed by atoms with Crippen molar-refractivity contribution < 1.29 is 9.90 Å². The van der Waals surface area contributed by atoms with Gasteiger partial charge < -0.3 is 10.4 Å². The molecular formula is C13H24N2O2. The molecule has 1 aliphatic carbocycles. The normalized spacial score (nSPS) is 31.3. The zero-order chi connectivity index (χ0) is 12.6. The van der Waals surface area contributed by atoms with E-state index in [1.165, 1.54) is 0 Å². The molecule has 1 heterocycles. The van der Waals surface area contributed by atoms with Gasteiger partial charge in [-0.05, 0) is 40.0 Å². The van der Waals surface area contributed by atoms with Crippen molar-refractivity contribution >= 4 is 5.91 Å². The molecular weight excluding hydrogens is 216 g/mol. The van der Waals surface area contributed by atoms with Crippen LogP contribution < -0.4 is 5.32 Å². The van der Waals surface area contributed by atoms with Crippen molar-refractivity contribution in [3.8, 4) is 0 Å². The number of carbonyl (C=O) groups excluding carboxylic acids is 1. The average Bonchev–Trinajstić information content (AvgIpc) is 2.46. The quantitative estimate of drug-likeness (QED) is 0.749. The SMILES string of the molecule is CC(C)(C)N1CC(C(=O)NC2CCCC2O)C1. The van der Waals surface area contributed by atoms with Gasteiger partial charge in [0.25, 0.3) is 0 Å². The maximum Gasteiger partial charge on any atom is 0.226 e. The zero-order valence-electron chi connectivity index (χ0n) is 11.1. The van der Waals surface area contributed by atoms with Crippen LogP contribution >= 0.6 is 0 Å². The van der Waals surface area contributed by atoms with Gasteiger partial charge in [0, 0.05) is 18.6 Å². The molecule has 17 heavy (non-hydrogen) atoms. The molecule has 1 saturated heterocycles. The summed E-state index contributed by atoms with van der Waals surface area (Å²) in [5.41, 5.74) is 0.156. The van der Waals surface area contributed by atoms with Gasteiger partial charge in [-0.3, -0.25) is 9.69 Å². The summed E-state index contributed by atoms with van der Waals surface area (Å²) >= 11 is 0. The average molecular weight is 240 g/mol. The molecule has 1 saturated carbocycles. The van der Waals surface area contributed by atoms with E-state index in [4.69, 9.17) is 0 Å². The Morgan fingerprint density at radius 3 is 2.41 bits per heavy atom. The molecule has 4 nitrogen and oxygen atoms in total. The van der Waals surface area contributed by atoms with E-state index in [1.807, 2.05) is 0 Å². The maximum atomic E-state index is 12.0. The molecule has 0 spiro atoms. The molecule has 2 aliphatic rings. The molecule has 2 rings (SSSR count). The Kier molecular flexibility index (Phi) is 3.46. The largest absolute Gasteiger partial charge is 0.391 e. The third kappa shape index (κ3) is 2.80. The number of carbonyl (C=O) groups is 1. The second-order valence-electron chi connectivity index (χ2n) is 6.39. The van der Waals surface area contributed by atoms with E-state index < -0.39 is 0 Å². The molecule has 2 N–H and O–H groups in total. The van der Waals surface area contributed by atoms with Crippen LogP contribution in [0.25, 0.3) is 0 Å². The number of nitrogens with one attached hydrogen (secondary N) is 1. The van der Waals surface area contributed by atoms with Crippen molar-refractivity contribution in [3.05, 3.63) is 0 Å². The van der Waals surface area contributed by atoms with Crippen LogP contribution in [-0.4, -0.2) is 46.7 Å². The van der Waals surface area contributed by atoms with Crippen molar-refractivity contribution in [2.24, 2.45) is 5.92 Å². The molecule has 0 aromatic rings. The monoisotopic (exact) mass is 240 g/mol. The molecule has 0 aromatic heterocycles. The summed E-state index contributed by atoms with van der Waals surface area (Å²) in [6, 6.07) is -0.00816. The number of amides is 1. The van der Waals surface area contributed by atoms with E-state index in [2.05, 4.69) is 31.0 Å². The summed E-state index contributed by atoms with van der Waals surface area (Å²) in [6.45, 7) is 8.20. The summed E-state index contributed by atoms with van der Waals surface area (Å²) in [5, 5.41) is 12.7. The van der Waals surface area contributed by atoms with E-state index in [9.17, 15) is 9.90 Å². The lowest BCUT2D eigenvalue weighted by molar-refractivity contribution is -0.134. The molecule has 2 fully saturated rings. The first-order valence-electron chi connectivity index (χ1n) is 6.61. The lowest BCUT2D eigenvalue weighted by Gasteiger charge is -2.47. The number of rotatable bonds is 2. The third-order valence-electron chi connectivity index (χ3n) is 4.01. The number of aliphatic hydroxyl groups is 1. The molecule has 2 atom stereocenters. The minimum atomic E-state index is -0.335. The van der Waals surface area contributed by atoms with Crippen LogP contribution in [0.3, 0.4) is 0 Å². The third-order valence-corrected chi connectivity index (χ3v) is 4.01. The van der Waals surface area contributed by atoms with Crippen LogP contribution in [0.15, 0.2) is 0 Å². The summed E-state index contributed by atoms with van der Waals surface area (Å²) in [7, 11) is 0. The lowest BCUT2D eigenvalue weighted by atomic mass is 9.91. The van der Waals surface area contributed by atoms with E-state index in [0.717, 1.165) is 32.4 Å². The summed E-state index contributed by atoms with van der Waals surface area (Å²) in [4.78, 5) is 14.3. The fourth-order valence-electron chi connectivity index (χ4n) is 2.60. The first-order valence-corrected chi connectivity index (χ1v) is 6.61. The first kappa shape index (κ1) is 12.8. The molecule has 1 amide bonds. The number of hydrogen-bond acceptors (Lipinski definition) is 3. The molecule has 98 valence electrons. The maximum absolute atomic E-state index is 12.0. The van der Waals surface area contributed by atoms with Gasteiger partial charge in [-0.15, -0.1) is 0 Å². The Bertz CT molecular complexity index is 292. The highest BCUT2D eigenvalue weighted by Gasteiger charge is 2.39. The number of nitrogens with zero attached hydrogens (tertiary/aromatic N) is 1. The van der Waals surface area contributed by atoms with Gasteiger partial charge in [-0.25, -0.2) is 0 Å². The minimum absolute atomic E-state index is 0.00816. The van der Waals surface area contributed by atoms with Gasteiger partial charge in [0.05, 0.1) is 18.1 Å². The van der Waals surface area contributed by atoms with Gasteiger partial charge >= 0.3 is 0 Å².